The minimum atomic E-state index is -0.800. The van der Waals surface area contributed by atoms with Crippen LogP contribution in [0.3, 0.4) is 0 Å². The lowest BCUT2D eigenvalue weighted by atomic mass is 9.92. The third kappa shape index (κ3) is 4.10. The summed E-state index contributed by atoms with van der Waals surface area (Å²) in [6.45, 7) is 1.91. The molecule has 1 aliphatic rings. The van der Waals surface area contributed by atoms with Crippen LogP contribution in [-0.2, 0) is 9.59 Å². The molecule has 1 aliphatic heterocycles. The fourth-order valence-electron chi connectivity index (χ4n) is 4.00. The quantitative estimate of drug-likeness (QED) is 0.282. The van der Waals surface area contributed by atoms with Crippen LogP contribution in [0, 0.1) is 6.92 Å². The minimum absolute atomic E-state index is 0.00405. The van der Waals surface area contributed by atoms with Crippen LogP contribution in [0.4, 0.5) is 11.4 Å². The number of benzene rings is 3. The second-order valence-electron chi connectivity index (χ2n) is 8.07. The molecule has 0 radical (unpaired) electrons. The van der Waals surface area contributed by atoms with Gasteiger partial charge in [0, 0.05) is 31.0 Å². The van der Waals surface area contributed by atoms with Crippen molar-refractivity contribution in [3.8, 4) is 0 Å². The maximum Gasteiger partial charge on any atom is 0.300 e. The normalized spacial score (nSPS) is 17.5. The number of halogens is 2. The van der Waals surface area contributed by atoms with Crippen LogP contribution in [0.5, 0.6) is 0 Å². The minimum Gasteiger partial charge on any atom is -0.507 e. The summed E-state index contributed by atoms with van der Waals surface area (Å²) in [5.74, 6) is -1.77. The molecule has 4 rings (SSSR count). The molecular formula is C26H22Cl2N2O3. The molecule has 33 heavy (non-hydrogen) atoms. The van der Waals surface area contributed by atoms with Gasteiger partial charge in [-0.1, -0.05) is 47.5 Å². The van der Waals surface area contributed by atoms with Gasteiger partial charge in [-0.3, -0.25) is 14.5 Å². The number of aliphatic hydroxyl groups is 1. The third-order valence-electron chi connectivity index (χ3n) is 5.76. The predicted molar refractivity (Wildman–Crippen MR) is 133 cm³/mol. The van der Waals surface area contributed by atoms with Gasteiger partial charge >= 0.3 is 0 Å². The van der Waals surface area contributed by atoms with E-state index in [1.54, 1.807) is 18.2 Å². The molecule has 168 valence electrons. The molecule has 0 aliphatic carbocycles. The van der Waals surface area contributed by atoms with Crippen molar-refractivity contribution in [2.24, 2.45) is 0 Å². The number of amides is 1. The summed E-state index contributed by atoms with van der Waals surface area (Å²) in [5.41, 5.74) is 3.46. The van der Waals surface area contributed by atoms with Crippen LogP contribution in [0.2, 0.25) is 10.0 Å². The van der Waals surface area contributed by atoms with E-state index in [1.807, 2.05) is 62.3 Å². The highest BCUT2D eigenvalue weighted by Crippen LogP contribution is 2.43. The summed E-state index contributed by atoms with van der Waals surface area (Å²) in [5, 5.41) is 11.8. The first-order valence-electron chi connectivity index (χ1n) is 10.3. The SMILES string of the molecule is Cc1ccccc1C1/C(=C(\O)c2ccc(Cl)c(Cl)c2)C(=O)C(=O)N1c1ccc(N(C)C)cc1. The Bertz CT molecular complexity index is 1280. The Morgan fingerprint density at radius 1 is 0.939 bits per heavy atom. The molecule has 0 saturated carbocycles. The number of aliphatic hydroxyl groups excluding tert-OH is 1. The van der Waals surface area contributed by atoms with Gasteiger partial charge < -0.3 is 10.0 Å². The standard InChI is InChI=1S/C26H22Cl2N2O3/c1-15-6-4-5-7-19(15)23-22(24(31)16-8-13-20(27)21(28)14-16)25(32)26(33)30(23)18-11-9-17(10-12-18)29(2)3/h4-14,23,31H,1-3H3/b24-22+. The number of ketones is 1. The van der Waals surface area contributed by atoms with Gasteiger partial charge in [0.05, 0.1) is 21.7 Å². The first-order valence-corrected chi connectivity index (χ1v) is 11.1. The van der Waals surface area contributed by atoms with Crippen LogP contribution in [-0.4, -0.2) is 30.9 Å². The van der Waals surface area contributed by atoms with Crippen molar-refractivity contribution in [2.45, 2.75) is 13.0 Å². The third-order valence-corrected chi connectivity index (χ3v) is 6.50. The topological polar surface area (TPSA) is 60.9 Å². The second-order valence-corrected chi connectivity index (χ2v) is 8.88. The second kappa shape index (κ2) is 8.93. The van der Waals surface area contributed by atoms with Gasteiger partial charge in [0.15, 0.2) is 0 Å². The highest BCUT2D eigenvalue weighted by Gasteiger charge is 2.47. The van der Waals surface area contributed by atoms with Crippen LogP contribution in [0.1, 0.15) is 22.7 Å². The predicted octanol–water partition coefficient (Wildman–Crippen LogP) is 5.99. The molecule has 5 nitrogen and oxygen atoms in total. The largest absolute Gasteiger partial charge is 0.507 e. The molecule has 1 fully saturated rings. The number of rotatable bonds is 4. The molecule has 1 N–H and O–H groups in total. The van der Waals surface area contributed by atoms with Crippen LogP contribution < -0.4 is 9.80 Å². The molecule has 1 amide bonds. The van der Waals surface area contributed by atoms with Gasteiger partial charge in [-0.15, -0.1) is 0 Å². The zero-order chi connectivity index (χ0) is 23.9. The number of carbonyl (C=O) groups excluding carboxylic acids is 2. The molecule has 3 aromatic rings. The number of nitrogens with zero attached hydrogens (tertiary/aromatic N) is 2. The smallest absolute Gasteiger partial charge is 0.300 e. The maximum atomic E-state index is 13.3. The zero-order valence-corrected chi connectivity index (χ0v) is 19.9. The van der Waals surface area contributed by atoms with E-state index in [2.05, 4.69) is 0 Å². The molecular weight excluding hydrogens is 459 g/mol. The van der Waals surface area contributed by atoms with Crippen LogP contribution in [0.15, 0.2) is 72.3 Å². The lowest BCUT2D eigenvalue weighted by Gasteiger charge is -2.27. The van der Waals surface area contributed by atoms with Gasteiger partial charge in [0.25, 0.3) is 11.7 Å². The Morgan fingerprint density at radius 2 is 1.61 bits per heavy atom. The fraction of sp³-hybridized carbons (Fsp3) is 0.154. The highest BCUT2D eigenvalue weighted by molar-refractivity contribution is 6.51. The molecule has 0 bridgehead atoms. The van der Waals surface area contributed by atoms with Crippen molar-refractivity contribution in [3.05, 3.63) is 99.0 Å². The van der Waals surface area contributed by atoms with Gasteiger partial charge in [-0.05, 0) is 60.5 Å². The lowest BCUT2D eigenvalue weighted by Crippen LogP contribution is -2.29. The van der Waals surface area contributed by atoms with Gasteiger partial charge in [-0.25, -0.2) is 0 Å². The van der Waals surface area contributed by atoms with Crippen molar-refractivity contribution in [1.82, 2.24) is 0 Å². The van der Waals surface area contributed by atoms with Crippen molar-refractivity contribution >= 4 is 52.0 Å². The monoisotopic (exact) mass is 480 g/mol. The molecule has 7 heteroatoms. The van der Waals surface area contributed by atoms with E-state index >= 15 is 0 Å². The van der Waals surface area contributed by atoms with E-state index in [0.29, 0.717) is 16.3 Å². The van der Waals surface area contributed by atoms with E-state index in [9.17, 15) is 14.7 Å². The van der Waals surface area contributed by atoms with E-state index in [-0.39, 0.29) is 16.4 Å². The average Bonchev–Trinajstić information content (AvgIpc) is 3.06. The summed E-state index contributed by atoms with van der Waals surface area (Å²) in [6.07, 6.45) is 0. The highest BCUT2D eigenvalue weighted by atomic mass is 35.5. The summed E-state index contributed by atoms with van der Waals surface area (Å²) < 4.78 is 0. The fourth-order valence-corrected chi connectivity index (χ4v) is 4.30. The molecule has 1 saturated heterocycles. The van der Waals surface area contributed by atoms with E-state index in [0.717, 1.165) is 16.8 Å². The molecule has 1 unspecified atom stereocenters. The number of anilines is 2. The van der Waals surface area contributed by atoms with Gasteiger partial charge in [0.1, 0.15) is 5.76 Å². The lowest BCUT2D eigenvalue weighted by molar-refractivity contribution is -0.132. The summed E-state index contributed by atoms with van der Waals surface area (Å²) in [6, 6.07) is 18.6. The number of hydrogen-bond donors (Lipinski definition) is 1. The van der Waals surface area contributed by atoms with Crippen molar-refractivity contribution in [3.63, 3.8) is 0 Å². The number of Topliss-reactive ketones (excluding diaryl/α,β-unsaturated/α-hetero) is 1. The Kier molecular flexibility index (Phi) is 6.19. The molecule has 1 heterocycles. The molecule has 1 atom stereocenters. The van der Waals surface area contributed by atoms with Crippen molar-refractivity contribution in [1.29, 1.82) is 0 Å². The number of hydrogen-bond acceptors (Lipinski definition) is 4. The van der Waals surface area contributed by atoms with E-state index in [1.165, 1.54) is 17.0 Å². The van der Waals surface area contributed by atoms with E-state index < -0.39 is 17.7 Å². The average molecular weight is 481 g/mol. The molecule has 0 aromatic heterocycles. The maximum absolute atomic E-state index is 13.3. The van der Waals surface area contributed by atoms with Gasteiger partial charge in [-0.2, -0.15) is 0 Å². The number of carbonyl (C=O) groups is 2. The summed E-state index contributed by atoms with van der Waals surface area (Å²) >= 11 is 12.2. The zero-order valence-electron chi connectivity index (χ0n) is 18.3. The van der Waals surface area contributed by atoms with Crippen LogP contribution >= 0.6 is 23.2 Å². The first-order chi connectivity index (χ1) is 15.7. The molecule has 3 aromatic carbocycles. The van der Waals surface area contributed by atoms with Gasteiger partial charge in [0.2, 0.25) is 0 Å². The number of aryl methyl sites for hydroxylation is 1. The van der Waals surface area contributed by atoms with Crippen LogP contribution in [0.25, 0.3) is 5.76 Å². The first kappa shape index (κ1) is 22.9. The van der Waals surface area contributed by atoms with E-state index in [4.69, 9.17) is 23.2 Å². The Labute approximate surface area is 202 Å². The Morgan fingerprint density at radius 3 is 2.21 bits per heavy atom. The van der Waals surface area contributed by atoms with Crippen molar-refractivity contribution in [2.75, 3.05) is 23.9 Å². The summed E-state index contributed by atoms with van der Waals surface area (Å²) in [7, 11) is 3.84. The summed E-state index contributed by atoms with van der Waals surface area (Å²) in [4.78, 5) is 29.9. The Hall–Kier alpha value is -3.28. The van der Waals surface area contributed by atoms with Crippen molar-refractivity contribution < 1.29 is 14.7 Å². The Balaban J connectivity index is 1.94. The molecule has 0 spiro atoms.